The van der Waals surface area contributed by atoms with Crippen LogP contribution in [-0.4, -0.2) is 22.7 Å². The maximum Gasteiger partial charge on any atom is 0.282 e. The van der Waals surface area contributed by atoms with Crippen molar-refractivity contribution < 1.29 is 14.2 Å². The van der Waals surface area contributed by atoms with Gasteiger partial charge in [0.2, 0.25) is 6.79 Å². The van der Waals surface area contributed by atoms with Crippen LogP contribution in [0.2, 0.25) is 10.0 Å². The molecule has 1 aliphatic heterocycles. The standard InChI is InChI=1S/C26H20BrCl2N3O4/c1-14(2)25-31-21-5-4-17(27)10-18(21)26(33)32(25)30-11-16-7-19(28)24(20(29)8-16)34-12-15-3-6-22-23(9-15)36-13-35-22/h3-11,14H,12-13H2,1-2H3. The van der Waals surface area contributed by atoms with Gasteiger partial charge in [-0.3, -0.25) is 4.79 Å². The Bertz CT molecular complexity index is 1550. The van der Waals surface area contributed by atoms with Crippen molar-refractivity contribution >= 4 is 56.2 Å². The summed E-state index contributed by atoms with van der Waals surface area (Å²) < 4.78 is 18.7. The topological polar surface area (TPSA) is 74.9 Å². The summed E-state index contributed by atoms with van der Waals surface area (Å²) >= 11 is 16.4. The molecule has 4 aromatic rings. The van der Waals surface area contributed by atoms with Gasteiger partial charge < -0.3 is 14.2 Å². The molecule has 7 nitrogen and oxygen atoms in total. The Morgan fingerprint density at radius 3 is 2.61 bits per heavy atom. The molecule has 184 valence electrons. The fourth-order valence-corrected chi connectivity index (χ4v) is 4.73. The largest absolute Gasteiger partial charge is 0.486 e. The lowest BCUT2D eigenvalue weighted by Crippen LogP contribution is -2.23. The van der Waals surface area contributed by atoms with Gasteiger partial charge in [-0.15, -0.1) is 0 Å². The van der Waals surface area contributed by atoms with Crippen molar-refractivity contribution in [3.63, 3.8) is 0 Å². The molecule has 10 heteroatoms. The molecule has 0 radical (unpaired) electrons. The van der Waals surface area contributed by atoms with Gasteiger partial charge in [-0.2, -0.15) is 9.78 Å². The van der Waals surface area contributed by atoms with Crippen LogP contribution in [0, 0.1) is 0 Å². The van der Waals surface area contributed by atoms with Crippen molar-refractivity contribution in [2.24, 2.45) is 5.10 Å². The molecule has 0 spiro atoms. The zero-order valence-corrected chi connectivity index (χ0v) is 22.4. The number of nitrogens with zero attached hydrogens (tertiary/aromatic N) is 3. The molecule has 0 N–H and O–H groups in total. The lowest BCUT2D eigenvalue weighted by atomic mass is 10.2. The fourth-order valence-electron chi connectivity index (χ4n) is 3.75. The number of rotatable bonds is 6. The summed E-state index contributed by atoms with van der Waals surface area (Å²) in [5, 5.41) is 5.54. The van der Waals surface area contributed by atoms with E-state index in [9.17, 15) is 4.79 Å². The third-order valence-electron chi connectivity index (χ3n) is 5.51. The summed E-state index contributed by atoms with van der Waals surface area (Å²) in [6.07, 6.45) is 1.53. The van der Waals surface area contributed by atoms with Crippen LogP contribution >= 0.6 is 39.1 Å². The molecule has 0 saturated carbocycles. The molecular formula is C26H20BrCl2N3O4. The van der Waals surface area contributed by atoms with E-state index in [1.165, 1.54) is 10.9 Å². The van der Waals surface area contributed by atoms with Crippen molar-refractivity contribution in [3.8, 4) is 17.2 Å². The monoisotopic (exact) mass is 587 g/mol. The first kappa shape index (κ1) is 24.6. The highest BCUT2D eigenvalue weighted by Crippen LogP contribution is 2.36. The number of hydrogen-bond acceptors (Lipinski definition) is 6. The van der Waals surface area contributed by atoms with Crippen LogP contribution in [0.1, 0.15) is 36.7 Å². The number of fused-ring (bicyclic) bond motifs is 2. The quantitative estimate of drug-likeness (QED) is 0.232. The van der Waals surface area contributed by atoms with E-state index >= 15 is 0 Å². The molecule has 0 unspecified atom stereocenters. The Morgan fingerprint density at radius 1 is 1.11 bits per heavy atom. The van der Waals surface area contributed by atoms with E-state index in [1.807, 2.05) is 44.2 Å². The van der Waals surface area contributed by atoms with E-state index in [4.69, 9.17) is 37.4 Å². The van der Waals surface area contributed by atoms with Gasteiger partial charge >= 0.3 is 0 Å². The fraction of sp³-hybridized carbons (Fsp3) is 0.192. The van der Waals surface area contributed by atoms with E-state index in [0.29, 0.717) is 49.6 Å². The maximum absolute atomic E-state index is 13.2. The third-order valence-corrected chi connectivity index (χ3v) is 6.57. The van der Waals surface area contributed by atoms with E-state index in [2.05, 4.69) is 26.0 Å². The Labute approximate surface area is 225 Å². The van der Waals surface area contributed by atoms with Crippen molar-refractivity contribution in [1.29, 1.82) is 0 Å². The third kappa shape index (κ3) is 4.93. The second kappa shape index (κ2) is 10.1. The summed E-state index contributed by atoms with van der Waals surface area (Å²) in [6, 6.07) is 14.3. The van der Waals surface area contributed by atoms with E-state index in [0.717, 1.165) is 10.0 Å². The highest BCUT2D eigenvalue weighted by atomic mass is 79.9. The summed E-state index contributed by atoms with van der Waals surface area (Å²) in [5.41, 5.74) is 1.85. The molecule has 36 heavy (non-hydrogen) atoms. The lowest BCUT2D eigenvalue weighted by Gasteiger charge is -2.13. The molecule has 1 aliphatic rings. The van der Waals surface area contributed by atoms with Crippen LogP contribution in [0.4, 0.5) is 0 Å². The summed E-state index contributed by atoms with van der Waals surface area (Å²) in [6.45, 7) is 4.36. The Morgan fingerprint density at radius 2 is 1.86 bits per heavy atom. The van der Waals surface area contributed by atoms with Crippen LogP contribution in [0.5, 0.6) is 17.2 Å². The zero-order valence-electron chi connectivity index (χ0n) is 19.3. The van der Waals surface area contributed by atoms with Crippen molar-refractivity contribution in [1.82, 2.24) is 9.66 Å². The van der Waals surface area contributed by atoms with E-state index in [-0.39, 0.29) is 24.9 Å². The van der Waals surface area contributed by atoms with Gasteiger partial charge in [0.25, 0.3) is 5.56 Å². The minimum absolute atomic E-state index is 0.0259. The number of ether oxygens (including phenoxy) is 3. The van der Waals surface area contributed by atoms with Gasteiger partial charge in [-0.1, -0.05) is 59.0 Å². The normalized spacial score (nSPS) is 12.7. The molecule has 0 aliphatic carbocycles. The van der Waals surface area contributed by atoms with Crippen molar-refractivity contribution in [2.45, 2.75) is 26.4 Å². The Hall–Kier alpha value is -3.07. The molecule has 0 amide bonds. The average Bonchev–Trinajstić information content (AvgIpc) is 3.31. The van der Waals surface area contributed by atoms with E-state index in [1.54, 1.807) is 18.2 Å². The number of aromatic nitrogens is 2. The van der Waals surface area contributed by atoms with Crippen LogP contribution in [-0.2, 0) is 6.61 Å². The second-order valence-electron chi connectivity index (χ2n) is 8.44. The Balaban J connectivity index is 1.42. The molecule has 0 fully saturated rings. The highest BCUT2D eigenvalue weighted by molar-refractivity contribution is 9.10. The highest BCUT2D eigenvalue weighted by Gasteiger charge is 2.16. The predicted molar refractivity (Wildman–Crippen MR) is 144 cm³/mol. The van der Waals surface area contributed by atoms with Crippen LogP contribution < -0.4 is 19.8 Å². The zero-order chi connectivity index (χ0) is 25.4. The SMILES string of the molecule is CC(C)c1nc2ccc(Br)cc2c(=O)n1N=Cc1cc(Cl)c(OCc2ccc3c(c2)OCO3)c(Cl)c1. The number of benzene rings is 3. The van der Waals surface area contributed by atoms with Crippen LogP contribution in [0.3, 0.4) is 0 Å². The van der Waals surface area contributed by atoms with Gasteiger partial charge in [-0.05, 0) is 53.6 Å². The van der Waals surface area contributed by atoms with Gasteiger partial charge in [0, 0.05) is 10.4 Å². The van der Waals surface area contributed by atoms with Crippen LogP contribution in [0.15, 0.2) is 62.9 Å². The maximum atomic E-state index is 13.2. The van der Waals surface area contributed by atoms with Gasteiger partial charge in [-0.25, -0.2) is 4.98 Å². The smallest absolute Gasteiger partial charge is 0.282 e. The van der Waals surface area contributed by atoms with Crippen LogP contribution in [0.25, 0.3) is 10.9 Å². The summed E-state index contributed by atoms with van der Waals surface area (Å²) in [4.78, 5) is 17.9. The van der Waals surface area contributed by atoms with Gasteiger partial charge in [0.1, 0.15) is 12.4 Å². The first-order valence-electron chi connectivity index (χ1n) is 11.1. The second-order valence-corrected chi connectivity index (χ2v) is 10.2. The predicted octanol–water partition coefficient (Wildman–Crippen LogP) is 6.78. The molecule has 3 aromatic carbocycles. The minimum Gasteiger partial charge on any atom is -0.486 e. The van der Waals surface area contributed by atoms with Crippen molar-refractivity contribution in [3.05, 3.63) is 90.4 Å². The molecule has 1 aromatic heterocycles. The van der Waals surface area contributed by atoms with Gasteiger partial charge in [0.15, 0.2) is 17.2 Å². The number of halogens is 3. The van der Waals surface area contributed by atoms with Crippen molar-refractivity contribution in [2.75, 3.05) is 6.79 Å². The Kier molecular flexibility index (Phi) is 6.92. The summed E-state index contributed by atoms with van der Waals surface area (Å²) in [7, 11) is 0. The lowest BCUT2D eigenvalue weighted by molar-refractivity contribution is 0.174. The number of hydrogen-bond donors (Lipinski definition) is 0. The average molecular weight is 589 g/mol. The molecule has 5 rings (SSSR count). The molecular weight excluding hydrogens is 569 g/mol. The van der Waals surface area contributed by atoms with Gasteiger partial charge in [0.05, 0.1) is 27.2 Å². The molecule has 0 atom stereocenters. The molecule has 0 saturated heterocycles. The first-order chi connectivity index (χ1) is 17.3. The first-order valence-corrected chi connectivity index (χ1v) is 12.6. The minimum atomic E-state index is -0.262. The van der Waals surface area contributed by atoms with E-state index < -0.39 is 0 Å². The summed E-state index contributed by atoms with van der Waals surface area (Å²) in [5.74, 6) is 2.25. The molecule has 2 heterocycles. The molecule has 0 bridgehead atoms.